The second-order valence-corrected chi connectivity index (χ2v) is 13.1. The van der Waals surface area contributed by atoms with Crippen LogP contribution in [0.15, 0.2) is 35.7 Å². The van der Waals surface area contributed by atoms with Crippen molar-refractivity contribution in [1.82, 2.24) is 5.32 Å². The lowest BCUT2D eigenvalue weighted by Crippen LogP contribution is -2.31. The summed E-state index contributed by atoms with van der Waals surface area (Å²) in [5.74, 6) is 0.901. The van der Waals surface area contributed by atoms with Crippen molar-refractivity contribution in [2.45, 2.75) is 96.0 Å². The van der Waals surface area contributed by atoms with Crippen LogP contribution < -0.4 is 5.32 Å². The van der Waals surface area contributed by atoms with Gasteiger partial charge in [0.15, 0.2) is 0 Å². The van der Waals surface area contributed by atoms with Crippen LogP contribution in [0.4, 0.5) is 0 Å². The Morgan fingerprint density at radius 3 is 2.32 bits per heavy atom. The molecule has 0 spiro atoms. The van der Waals surface area contributed by atoms with Crippen molar-refractivity contribution >= 4 is 23.5 Å². The van der Waals surface area contributed by atoms with E-state index in [1.807, 2.05) is 23.5 Å². The van der Waals surface area contributed by atoms with E-state index in [1.54, 1.807) is 0 Å². The van der Waals surface area contributed by atoms with Gasteiger partial charge in [-0.05, 0) is 55.3 Å². The SMILES string of the molecule is C=CC(SC(=C)SC(CCC(=C)NCC1CC1)C(C)(C)C)C1(C)CCCCC1. The van der Waals surface area contributed by atoms with Gasteiger partial charge in [-0.25, -0.2) is 0 Å². The van der Waals surface area contributed by atoms with E-state index in [9.17, 15) is 0 Å². The summed E-state index contributed by atoms with van der Waals surface area (Å²) < 4.78 is 1.26. The molecule has 1 nitrogen and oxygen atoms in total. The van der Waals surface area contributed by atoms with Crippen LogP contribution in [-0.4, -0.2) is 17.0 Å². The van der Waals surface area contributed by atoms with Crippen molar-refractivity contribution in [2.75, 3.05) is 6.54 Å². The lowest BCUT2D eigenvalue weighted by Gasteiger charge is -2.40. The average Bonchev–Trinajstić information content (AvgIpc) is 3.45. The summed E-state index contributed by atoms with van der Waals surface area (Å²) >= 11 is 3.95. The first-order valence-electron chi connectivity index (χ1n) is 11.2. The Hall–Kier alpha value is -0.280. The predicted octanol–water partition coefficient (Wildman–Crippen LogP) is 8.16. The number of thioether (sulfide) groups is 2. The van der Waals surface area contributed by atoms with Crippen molar-refractivity contribution in [2.24, 2.45) is 16.7 Å². The average molecular weight is 422 g/mol. The quantitative estimate of drug-likeness (QED) is 0.319. The highest BCUT2D eigenvalue weighted by molar-refractivity contribution is 8.22. The van der Waals surface area contributed by atoms with Gasteiger partial charge in [0.25, 0.3) is 0 Å². The Kier molecular flexibility index (Phi) is 9.13. The van der Waals surface area contributed by atoms with Crippen LogP contribution in [0.2, 0.25) is 0 Å². The molecular weight excluding hydrogens is 378 g/mol. The molecule has 0 aromatic heterocycles. The van der Waals surface area contributed by atoms with Crippen LogP contribution in [0, 0.1) is 16.7 Å². The summed E-state index contributed by atoms with van der Waals surface area (Å²) in [6.45, 7) is 23.5. The van der Waals surface area contributed by atoms with Gasteiger partial charge in [-0.15, -0.1) is 30.1 Å². The minimum Gasteiger partial charge on any atom is -0.389 e. The molecule has 2 unspecified atom stereocenters. The molecule has 2 saturated carbocycles. The third kappa shape index (κ3) is 7.86. The zero-order chi connectivity index (χ0) is 20.8. The molecule has 1 N–H and O–H groups in total. The molecule has 28 heavy (non-hydrogen) atoms. The summed E-state index contributed by atoms with van der Waals surface area (Å²) in [6.07, 6.45) is 13.9. The molecule has 160 valence electrons. The van der Waals surface area contributed by atoms with E-state index < -0.39 is 0 Å². The van der Waals surface area contributed by atoms with Gasteiger partial charge in [-0.3, -0.25) is 0 Å². The second kappa shape index (κ2) is 10.7. The molecule has 0 heterocycles. The lowest BCUT2D eigenvalue weighted by atomic mass is 9.73. The molecule has 0 radical (unpaired) electrons. The first-order valence-corrected chi connectivity index (χ1v) is 13.0. The van der Waals surface area contributed by atoms with Crippen molar-refractivity contribution in [3.05, 3.63) is 35.7 Å². The van der Waals surface area contributed by atoms with Crippen molar-refractivity contribution in [3.63, 3.8) is 0 Å². The van der Waals surface area contributed by atoms with E-state index >= 15 is 0 Å². The fourth-order valence-corrected chi connectivity index (χ4v) is 6.81. The maximum absolute atomic E-state index is 4.46. The molecule has 0 aromatic carbocycles. The van der Waals surface area contributed by atoms with Gasteiger partial charge in [0, 0.05) is 27.0 Å². The summed E-state index contributed by atoms with van der Waals surface area (Å²) in [5, 5.41) is 4.58. The molecule has 2 aliphatic carbocycles. The van der Waals surface area contributed by atoms with Gasteiger partial charge in [0.1, 0.15) is 0 Å². The Morgan fingerprint density at radius 1 is 1.14 bits per heavy atom. The summed E-state index contributed by atoms with van der Waals surface area (Å²) in [6, 6.07) is 0. The van der Waals surface area contributed by atoms with E-state index in [2.05, 4.69) is 58.8 Å². The number of hydrogen-bond donors (Lipinski definition) is 1. The smallest absolute Gasteiger partial charge is 0.0337 e. The van der Waals surface area contributed by atoms with E-state index in [0.717, 1.165) is 25.3 Å². The van der Waals surface area contributed by atoms with E-state index in [-0.39, 0.29) is 5.41 Å². The molecule has 0 amide bonds. The van der Waals surface area contributed by atoms with Crippen LogP contribution in [0.1, 0.15) is 85.5 Å². The first kappa shape index (κ1) is 24.0. The maximum atomic E-state index is 4.46. The zero-order valence-electron chi connectivity index (χ0n) is 18.8. The topological polar surface area (TPSA) is 12.0 Å². The summed E-state index contributed by atoms with van der Waals surface area (Å²) in [4.78, 5) is 0. The third-order valence-electron chi connectivity index (χ3n) is 6.44. The second-order valence-electron chi connectivity index (χ2n) is 10.3. The minimum absolute atomic E-state index is 0.253. The first-order chi connectivity index (χ1) is 13.1. The van der Waals surface area contributed by atoms with Crippen LogP contribution in [-0.2, 0) is 0 Å². The minimum atomic E-state index is 0.253. The van der Waals surface area contributed by atoms with Crippen LogP contribution >= 0.6 is 23.5 Å². The molecule has 0 aliphatic heterocycles. The van der Waals surface area contributed by atoms with Crippen molar-refractivity contribution < 1.29 is 0 Å². The maximum Gasteiger partial charge on any atom is 0.0337 e. The molecule has 0 bridgehead atoms. The molecule has 2 fully saturated rings. The normalized spacial score (nSPS) is 21.6. The van der Waals surface area contributed by atoms with Gasteiger partial charge < -0.3 is 5.32 Å². The molecule has 0 saturated heterocycles. The van der Waals surface area contributed by atoms with Crippen LogP contribution in [0.3, 0.4) is 0 Å². The Morgan fingerprint density at radius 2 is 1.79 bits per heavy atom. The molecule has 3 heteroatoms. The van der Waals surface area contributed by atoms with Crippen molar-refractivity contribution in [3.8, 4) is 0 Å². The monoisotopic (exact) mass is 421 g/mol. The number of hydrogen-bond acceptors (Lipinski definition) is 3. The van der Waals surface area contributed by atoms with Gasteiger partial charge in [0.05, 0.1) is 0 Å². The third-order valence-corrected chi connectivity index (χ3v) is 9.79. The van der Waals surface area contributed by atoms with Gasteiger partial charge >= 0.3 is 0 Å². The van der Waals surface area contributed by atoms with Gasteiger partial charge in [0.2, 0.25) is 0 Å². The molecule has 2 rings (SSSR count). The largest absolute Gasteiger partial charge is 0.389 e. The number of rotatable bonds is 12. The molecule has 0 aromatic rings. The highest BCUT2D eigenvalue weighted by Crippen LogP contribution is 2.49. The Balaban J connectivity index is 1.86. The van der Waals surface area contributed by atoms with Gasteiger partial charge in [-0.2, -0.15) is 0 Å². The highest BCUT2D eigenvalue weighted by atomic mass is 32.2. The Bertz CT molecular complexity index is 535. The van der Waals surface area contributed by atoms with Gasteiger partial charge in [-0.1, -0.05) is 66.2 Å². The number of allylic oxidation sites excluding steroid dienone is 1. The summed E-state index contributed by atoms with van der Waals surface area (Å²) in [7, 11) is 0. The fourth-order valence-electron chi connectivity index (χ4n) is 4.12. The van der Waals surface area contributed by atoms with E-state index in [4.69, 9.17) is 0 Å². The standard InChI is InChI=1S/C25H43NS2/c1-8-22(25(7)16-10-9-11-17-25)27-20(3)28-23(24(4,5)6)15-12-19(2)26-18-21-13-14-21/h8,21-23,26H,1-3,9-18H2,4-7H3. The lowest BCUT2D eigenvalue weighted by molar-refractivity contribution is 0.227. The van der Waals surface area contributed by atoms with Crippen LogP contribution in [0.25, 0.3) is 0 Å². The van der Waals surface area contributed by atoms with E-state index in [0.29, 0.717) is 15.9 Å². The predicted molar refractivity (Wildman–Crippen MR) is 132 cm³/mol. The highest BCUT2D eigenvalue weighted by Gasteiger charge is 2.35. The van der Waals surface area contributed by atoms with Crippen molar-refractivity contribution in [1.29, 1.82) is 0 Å². The zero-order valence-corrected chi connectivity index (χ0v) is 20.5. The fraction of sp³-hybridized carbons (Fsp3) is 0.760. The molecule has 2 atom stereocenters. The number of nitrogens with one attached hydrogen (secondary N) is 1. The molecular formula is C25H43NS2. The molecule has 2 aliphatic rings. The van der Waals surface area contributed by atoms with E-state index in [1.165, 1.54) is 54.9 Å². The van der Waals surface area contributed by atoms with Crippen LogP contribution in [0.5, 0.6) is 0 Å². The Labute approximate surface area is 183 Å². The summed E-state index contributed by atoms with van der Waals surface area (Å²) in [5.41, 5.74) is 1.84.